The summed E-state index contributed by atoms with van der Waals surface area (Å²) in [7, 11) is 1.97. The molecule has 0 atom stereocenters. The third kappa shape index (κ3) is 2.63. The number of hydrogen-bond acceptors (Lipinski definition) is 4. The van der Waals surface area contributed by atoms with Gasteiger partial charge < -0.3 is 4.57 Å². The number of nitrogens with one attached hydrogen (secondary N) is 1. The zero-order chi connectivity index (χ0) is 14.7. The summed E-state index contributed by atoms with van der Waals surface area (Å²) in [4.78, 5) is 8.87. The summed E-state index contributed by atoms with van der Waals surface area (Å²) in [5, 5.41) is 4.46. The number of hydrogen-bond donors (Lipinski definition) is 1. The van der Waals surface area contributed by atoms with Crippen LogP contribution >= 0.6 is 0 Å². The highest BCUT2D eigenvalue weighted by Gasteiger charge is 2.07. The minimum atomic E-state index is 0.720. The number of aryl methyl sites for hydroxylation is 1. The van der Waals surface area contributed by atoms with Crippen molar-refractivity contribution in [1.82, 2.24) is 14.5 Å². The molecular weight excluding hydrogens is 262 g/mol. The van der Waals surface area contributed by atoms with Crippen molar-refractivity contribution in [3.63, 3.8) is 0 Å². The van der Waals surface area contributed by atoms with Gasteiger partial charge in [-0.25, -0.2) is 10.4 Å². The van der Waals surface area contributed by atoms with Crippen molar-refractivity contribution in [3.8, 4) is 0 Å². The summed E-state index contributed by atoms with van der Waals surface area (Å²) >= 11 is 0. The lowest BCUT2D eigenvalue weighted by Crippen LogP contribution is -2.07. The number of benzene rings is 1. The van der Waals surface area contributed by atoms with Gasteiger partial charge >= 0.3 is 0 Å². The number of aromatic nitrogens is 3. The number of anilines is 1. The molecule has 0 amide bonds. The van der Waals surface area contributed by atoms with E-state index in [0.717, 1.165) is 34.8 Å². The maximum absolute atomic E-state index is 4.54. The Morgan fingerprint density at radius 3 is 2.71 bits per heavy atom. The van der Waals surface area contributed by atoms with Gasteiger partial charge in [-0.3, -0.25) is 4.98 Å². The Bertz CT molecular complexity index is 774. The van der Waals surface area contributed by atoms with Crippen LogP contribution in [-0.4, -0.2) is 20.2 Å². The van der Waals surface area contributed by atoms with Gasteiger partial charge in [-0.15, -0.1) is 0 Å². The van der Waals surface area contributed by atoms with Crippen molar-refractivity contribution < 1.29 is 0 Å². The van der Waals surface area contributed by atoms with Gasteiger partial charge in [0.25, 0.3) is 0 Å². The van der Waals surface area contributed by atoms with Crippen molar-refractivity contribution in [2.75, 3.05) is 5.43 Å². The van der Waals surface area contributed by atoms with Crippen molar-refractivity contribution in [2.45, 2.75) is 13.3 Å². The second-order valence-electron chi connectivity index (χ2n) is 4.72. The molecule has 0 radical (unpaired) electrons. The first-order chi connectivity index (χ1) is 10.3. The van der Waals surface area contributed by atoms with E-state index in [0.29, 0.717) is 0 Å². The molecule has 0 bridgehead atoms. The Labute approximate surface area is 123 Å². The number of imidazole rings is 1. The predicted molar refractivity (Wildman–Crippen MR) is 85.4 cm³/mol. The summed E-state index contributed by atoms with van der Waals surface area (Å²) in [6.45, 7) is 2.06. The number of rotatable bonds is 4. The SMILES string of the molecule is CC/C(=N\Nc1nc2ccccc2n1C)c1ccccn1. The summed E-state index contributed by atoms with van der Waals surface area (Å²) in [5.41, 5.74) is 6.87. The third-order valence-electron chi connectivity index (χ3n) is 3.37. The molecule has 5 heteroatoms. The maximum Gasteiger partial charge on any atom is 0.224 e. The highest BCUT2D eigenvalue weighted by molar-refractivity contribution is 5.99. The van der Waals surface area contributed by atoms with Gasteiger partial charge in [0.1, 0.15) is 0 Å². The van der Waals surface area contributed by atoms with E-state index < -0.39 is 0 Å². The van der Waals surface area contributed by atoms with Gasteiger partial charge in [0, 0.05) is 13.2 Å². The van der Waals surface area contributed by atoms with Crippen LogP contribution in [0.1, 0.15) is 19.0 Å². The van der Waals surface area contributed by atoms with E-state index in [9.17, 15) is 0 Å². The van der Waals surface area contributed by atoms with Gasteiger partial charge in [0.2, 0.25) is 5.95 Å². The third-order valence-corrected chi connectivity index (χ3v) is 3.37. The zero-order valence-electron chi connectivity index (χ0n) is 12.1. The second kappa shape index (κ2) is 5.75. The van der Waals surface area contributed by atoms with Crippen molar-refractivity contribution in [1.29, 1.82) is 0 Å². The Kier molecular flexibility index (Phi) is 3.64. The van der Waals surface area contributed by atoms with Crippen LogP contribution in [0.15, 0.2) is 53.8 Å². The number of pyridine rings is 1. The normalized spacial score (nSPS) is 11.8. The molecule has 1 N–H and O–H groups in total. The van der Waals surface area contributed by atoms with E-state index in [-0.39, 0.29) is 0 Å². The average Bonchev–Trinajstić information content (AvgIpc) is 2.86. The molecular formula is C16H17N5. The van der Waals surface area contributed by atoms with Crippen LogP contribution in [0.25, 0.3) is 11.0 Å². The van der Waals surface area contributed by atoms with Gasteiger partial charge in [-0.1, -0.05) is 25.1 Å². The first-order valence-corrected chi connectivity index (χ1v) is 6.95. The van der Waals surface area contributed by atoms with Crippen LogP contribution in [0.2, 0.25) is 0 Å². The Morgan fingerprint density at radius 2 is 2.00 bits per heavy atom. The van der Waals surface area contributed by atoms with Crippen LogP contribution in [0.5, 0.6) is 0 Å². The van der Waals surface area contributed by atoms with E-state index in [4.69, 9.17) is 0 Å². The molecule has 0 aliphatic carbocycles. The fourth-order valence-electron chi connectivity index (χ4n) is 2.21. The monoisotopic (exact) mass is 279 g/mol. The molecule has 0 unspecified atom stereocenters. The Morgan fingerprint density at radius 1 is 1.19 bits per heavy atom. The largest absolute Gasteiger partial charge is 0.312 e. The fourth-order valence-corrected chi connectivity index (χ4v) is 2.21. The Hall–Kier alpha value is -2.69. The summed E-state index contributed by atoms with van der Waals surface area (Å²) in [6, 6.07) is 13.8. The summed E-state index contributed by atoms with van der Waals surface area (Å²) in [6.07, 6.45) is 2.57. The van der Waals surface area contributed by atoms with Crippen molar-refractivity contribution in [2.24, 2.45) is 12.1 Å². The number of para-hydroxylation sites is 2. The minimum Gasteiger partial charge on any atom is -0.312 e. The quantitative estimate of drug-likeness (QED) is 0.589. The molecule has 106 valence electrons. The molecule has 3 aromatic rings. The van der Waals surface area contributed by atoms with Crippen LogP contribution in [0.4, 0.5) is 5.95 Å². The van der Waals surface area contributed by atoms with Gasteiger partial charge in [-0.2, -0.15) is 5.10 Å². The lowest BCUT2D eigenvalue weighted by molar-refractivity contribution is 0.940. The van der Waals surface area contributed by atoms with Gasteiger partial charge in [0.15, 0.2) is 0 Å². The number of nitrogens with zero attached hydrogens (tertiary/aromatic N) is 4. The Balaban J connectivity index is 1.91. The van der Waals surface area contributed by atoms with E-state index in [2.05, 4.69) is 27.4 Å². The molecule has 0 aliphatic heterocycles. The predicted octanol–water partition coefficient (Wildman–Crippen LogP) is 3.19. The molecule has 0 saturated carbocycles. The van der Waals surface area contributed by atoms with E-state index in [1.165, 1.54) is 0 Å². The molecule has 0 fully saturated rings. The van der Waals surface area contributed by atoms with Crippen molar-refractivity contribution in [3.05, 3.63) is 54.4 Å². The molecule has 0 aliphatic rings. The van der Waals surface area contributed by atoms with Gasteiger partial charge in [0.05, 0.1) is 22.4 Å². The molecule has 1 aromatic carbocycles. The number of fused-ring (bicyclic) bond motifs is 1. The second-order valence-corrected chi connectivity index (χ2v) is 4.72. The topological polar surface area (TPSA) is 55.1 Å². The lowest BCUT2D eigenvalue weighted by atomic mass is 10.2. The van der Waals surface area contributed by atoms with Crippen LogP contribution in [0, 0.1) is 0 Å². The highest BCUT2D eigenvalue weighted by atomic mass is 15.4. The maximum atomic E-state index is 4.54. The minimum absolute atomic E-state index is 0.720. The van der Waals surface area contributed by atoms with Crippen molar-refractivity contribution >= 4 is 22.7 Å². The molecule has 0 spiro atoms. The smallest absolute Gasteiger partial charge is 0.224 e. The summed E-state index contributed by atoms with van der Waals surface area (Å²) < 4.78 is 1.99. The van der Waals surface area contributed by atoms with E-state index in [1.807, 2.05) is 54.1 Å². The first-order valence-electron chi connectivity index (χ1n) is 6.95. The average molecular weight is 279 g/mol. The van der Waals surface area contributed by atoms with Gasteiger partial charge in [-0.05, 0) is 30.7 Å². The molecule has 5 nitrogen and oxygen atoms in total. The molecule has 2 aromatic heterocycles. The molecule has 2 heterocycles. The standard InChI is InChI=1S/C16H17N5/c1-3-12(13-8-6-7-11-17-13)19-20-16-18-14-9-4-5-10-15(14)21(16)2/h4-11H,3H2,1-2H3,(H,18,20)/b19-12+. The van der Waals surface area contributed by atoms with E-state index in [1.54, 1.807) is 6.20 Å². The zero-order valence-corrected chi connectivity index (χ0v) is 12.1. The van der Waals surface area contributed by atoms with Crippen LogP contribution in [0.3, 0.4) is 0 Å². The van der Waals surface area contributed by atoms with Crippen LogP contribution < -0.4 is 5.43 Å². The highest BCUT2D eigenvalue weighted by Crippen LogP contribution is 2.17. The lowest BCUT2D eigenvalue weighted by Gasteiger charge is -2.05. The van der Waals surface area contributed by atoms with E-state index >= 15 is 0 Å². The number of hydrazone groups is 1. The van der Waals surface area contributed by atoms with Crippen LogP contribution in [-0.2, 0) is 7.05 Å². The molecule has 21 heavy (non-hydrogen) atoms. The molecule has 0 saturated heterocycles. The summed E-state index contributed by atoms with van der Waals surface area (Å²) in [5.74, 6) is 0.720. The fraction of sp³-hybridized carbons (Fsp3) is 0.188. The molecule has 3 rings (SSSR count). The first kappa shape index (κ1) is 13.3.